The highest BCUT2D eigenvalue weighted by Crippen LogP contribution is 2.34. The number of ketones is 1. The second kappa shape index (κ2) is 7.35. The highest BCUT2D eigenvalue weighted by atomic mass is 32.1. The van der Waals surface area contributed by atoms with Gasteiger partial charge in [-0.25, -0.2) is 4.98 Å². The molecule has 0 spiro atoms. The van der Waals surface area contributed by atoms with Crippen LogP contribution in [0.2, 0.25) is 0 Å². The van der Waals surface area contributed by atoms with Crippen LogP contribution >= 0.6 is 11.3 Å². The van der Waals surface area contributed by atoms with Gasteiger partial charge in [0.1, 0.15) is 0 Å². The van der Waals surface area contributed by atoms with Crippen LogP contribution in [0.3, 0.4) is 0 Å². The molecule has 0 radical (unpaired) electrons. The van der Waals surface area contributed by atoms with Crippen molar-refractivity contribution in [2.45, 2.75) is 18.5 Å². The minimum atomic E-state index is -4.48. The molecule has 1 aliphatic rings. The van der Waals surface area contributed by atoms with Crippen molar-refractivity contribution in [3.8, 4) is 0 Å². The number of anilines is 1. The van der Waals surface area contributed by atoms with Gasteiger partial charge in [-0.05, 0) is 30.2 Å². The SMILES string of the molecule is O=C(c1cccc(C(F)(F)F)c1)c1cnc(N2CCC(c3cccnc3)C2)s1. The van der Waals surface area contributed by atoms with E-state index in [1.807, 2.05) is 18.3 Å². The lowest BCUT2D eigenvalue weighted by atomic mass is 10.0. The van der Waals surface area contributed by atoms with Crippen molar-refractivity contribution >= 4 is 22.3 Å². The molecule has 1 aromatic carbocycles. The summed E-state index contributed by atoms with van der Waals surface area (Å²) in [6, 6.07) is 8.44. The molecule has 1 saturated heterocycles. The third-order valence-corrected chi connectivity index (χ3v) is 5.84. The molecule has 4 nitrogen and oxygen atoms in total. The first-order valence-corrected chi connectivity index (χ1v) is 9.56. The summed E-state index contributed by atoms with van der Waals surface area (Å²) < 4.78 is 38.7. The van der Waals surface area contributed by atoms with E-state index in [1.54, 1.807) is 6.20 Å². The standard InChI is InChI=1S/C20H16F3N3OS/c21-20(22,23)16-5-1-3-13(9-16)18(27)17-11-25-19(28-17)26-8-6-15(12-26)14-4-2-7-24-10-14/h1-5,7,9-11,15H,6,8,12H2. The van der Waals surface area contributed by atoms with Gasteiger partial charge in [-0.3, -0.25) is 9.78 Å². The average Bonchev–Trinajstić information content (AvgIpc) is 3.37. The van der Waals surface area contributed by atoms with Gasteiger partial charge >= 0.3 is 6.18 Å². The molecular formula is C20H16F3N3OS. The molecule has 2 aromatic heterocycles. The lowest BCUT2D eigenvalue weighted by Crippen LogP contribution is -2.18. The number of benzene rings is 1. The van der Waals surface area contributed by atoms with Crippen molar-refractivity contribution in [1.29, 1.82) is 0 Å². The Morgan fingerprint density at radius 3 is 2.79 bits per heavy atom. The summed E-state index contributed by atoms with van der Waals surface area (Å²) in [7, 11) is 0. The summed E-state index contributed by atoms with van der Waals surface area (Å²) in [5.74, 6) is -0.0990. The third-order valence-electron chi connectivity index (χ3n) is 4.78. The number of hydrogen-bond donors (Lipinski definition) is 0. The molecule has 144 valence electrons. The Hall–Kier alpha value is -2.74. The summed E-state index contributed by atoms with van der Waals surface area (Å²) in [6.45, 7) is 1.58. The molecular weight excluding hydrogens is 387 g/mol. The van der Waals surface area contributed by atoms with Crippen LogP contribution in [-0.4, -0.2) is 28.8 Å². The van der Waals surface area contributed by atoms with E-state index < -0.39 is 17.5 Å². The highest BCUT2D eigenvalue weighted by molar-refractivity contribution is 7.17. The van der Waals surface area contributed by atoms with Crippen LogP contribution in [-0.2, 0) is 6.18 Å². The summed E-state index contributed by atoms with van der Waals surface area (Å²) in [4.78, 5) is 23.5. The number of nitrogens with zero attached hydrogens (tertiary/aromatic N) is 3. The Kier molecular flexibility index (Phi) is 4.89. The minimum Gasteiger partial charge on any atom is -0.347 e. The van der Waals surface area contributed by atoms with Crippen LogP contribution in [0.4, 0.5) is 18.3 Å². The maximum Gasteiger partial charge on any atom is 0.416 e. The molecule has 1 atom stereocenters. The van der Waals surface area contributed by atoms with E-state index in [1.165, 1.54) is 35.2 Å². The van der Waals surface area contributed by atoms with Crippen molar-refractivity contribution in [3.05, 3.63) is 76.6 Å². The number of carbonyl (C=O) groups excluding carboxylic acids is 1. The molecule has 3 heterocycles. The Labute approximate surface area is 163 Å². The highest BCUT2D eigenvalue weighted by Gasteiger charge is 2.31. The predicted octanol–water partition coefficient (Wildman–Crippen LogP) is 4.78. The second-order valence-electron chi connectivity index (χ2n) is 6.63. The second-order valence-corrected chi connectivity index (χ2v) is 7.64. The van der Waals surface area contributed by atoms with E-state index in [9.17, 15) is 18.0 Å². The summed E-state index contributed by atoms with van der Waals surface area (Å²) >= 11 is 1.21. The molecule has 1 aliphatic heterocycles. The number of halogens is 3. The van der Waals surface area contributed by atoms with Gasteiger partial charge in [-0.1, -0.05) is 29.5 Å². The largest absolute Gasteiger partial charge is 0.416 e. The van der Waals surface area contributed by atoms with Crippen molar-refractivity contribution in [2.75, 3.05) is 18.0 Å². The molecule has 4 rings (SSSR count). The van der Waals surface area contributed by atoms with E-state index in [4.69, 9.17) is 0 Å². The summed E-state index contributed by atoms with van der Waals surface area (Å²) in [6.07, 6.45) is 1.52. The van der Waals surface area contributed by atoms with Crippen molar-refractivity contribution < 1.29 is 18.0 Å². The maximum atomic E-state index is 12.9. The molecule has 8 heteroatoms. The Morgan fingerprint density at radius 2 is 2.04 bits per heavy atom. The molecule has 0 saturated carbocycles. The predicted molar refractivity (Wildman–Crippen MR) is 101 cm³/mol. The van der Waals surface area contributed by atoms with Gasteiger partial charge < -0.3 is 4.90 Å². The Morgan fingerprint density at radius 1 is 1.18 bits per heavy atom. The van der Waals surface area contributed by atoms with E-state index in [0.29, 0.717) is 15.9 Å². The van der Waals surface area contributed by atoms with Gasteiger partial charge in [0.05, 0.1) is 16.6 Å². The fourth-order valence-electron chi connectivity index (χ4n) is 3.32. The van der Waals surface area contributed by atoms with Crippen molar-refractivity contribution in [2.24, 2.45) is 0 Å². The lowest BCUT2D eigenvalue weighted by Gasteiger charge is -2.14. The number of thiazole rings is 1. The van der Waals surface area contributed by atoms with Crippen LogP contribution < -0.4 is 4.90 Å². The maximum absolute atomic E-state index is 12.9. The molecule has 0 amide bonds. The van der Waals surface area contributed by atoms with Gasteiger partial charge in [-0.2, -0.15) is 13.2 Å². The quantitative estimate of drug-likeness (QED) is 0.588. The first kappa shape index (κ1) is 18.6. The van der Waals surface area contributed by atoms with Crippen molar-refractivity contribution in [3.63, 3.8) is 0 Å². The van der Waals surface area contributed by atoms with Gasteiger partial charge in [0.2, 0.25) is 5.78 Å². The fourth-order valence-corrected chi connectivity index (χ4v) is 4.23. The number of rotatable bonds is 4. The summed E-state index contributed by atoms with van der Waals surface area (Å²) in [5.41, 5.74) is 0.350. The molecule has 3 aromatic rings. The van der Waals surface area contributed by atoms with Crippen LogP contribution in [0.1, 0.15) is 38.7 Å². The zero-order chi connectivity index (χ0) is 19.7. The Balaban J connectivity index is 1.50. The summed E-state index contributed by atoms with van der Waals surface area (Å²) in [5, 5.41) is 0.710. The van der Waals surface area contributed by atoms with E-state index in [2.05, 4.69) is 14.9 Å². The molecule has 0 bridgehead atoms. The molecule has 0 N–H and O–H groups in total. The fraction of sp³-hybridized carbons (Fsp3) is 0.250. The van der Waals surface area contributed by atoms with E-state index >= 15 is 0 Å². The van der Waals surface area contributed by atoms with Gasteiger partial charge in [-0.15, -0.1) is 0 Å². The van der Waals surface area contributed by atoms with Crippen LogP contribution in [0.5, 0.6) is 0 Å². The molecule has 1 unspecified atom stereocenters. The van der Waals surface area contributed by atoms with Crippen LogP contribution in [0.25, 0.3) is 0 Å². The third kappa shape index (κ3) is 3.77. The number of carbonyl (C=O) groups is 1. The molecule has 28 heavy (non-hydrogen) atoms. The first-order chi connectivity index (χ1) is 13.4. The normalized spacial score (nSPS) is 17.1. The number of pyridine rings is 1. The average molecular weight is 403 g/mol. The topological polar surface area (TPSA) is 46.1 Å². The van der Waals surface area contributed by atoms with Gasteiger partial charge in [0.25, 0.3) is 0 Å². The smallest absolute Gasteiger partial charge is 0.347 e. The first-order valence-electron chi connectivity index (χ1n) is 8.74. The van der Waals surface area contributed by atoms with Gasteiger partial charge in [0, 0.05) is 37.0 Å². The number of hydrogen-bond acceptors (Lipinski definition) is 5. The van der Waals surface area contributed by atoms with E-state index in [-0.39, 0.29) is 5.56 Å². The van der Waals surface area contributed by atoms with E-state index in [0.717, 1.165) is 31.6 Å². The lowest BCUT2D eigenvalue weighted by molar-refractivity contribution is -0.137. The zero-order valence-electron chi connectivity index (χ0n) is 14.7. The molecule has 0 aliphatic carbocycles. The van der Waals surface area contributed by atoms with Crippen LogP contribution in [0, 0.1) is 0 Å². The van der Waals surface area contributed by atoms with Gasteiger partial charge in [0.15, 0.2) is 5.13 Å². The van der Waals surface area contributed by atoms with Crippen LogP contribution in [0.15, 0.2) is 55.0 Å². The number of aromatic nitrogens is 2. The zero-order valence-corrected chi connectivity index (χ0v) is 15.5. The number of alkyl halides is 3. The monoisotopic (exact) mass is 403 g/mol. The minimum absolute atomic E-state index is 0.0136. The van der Waals surface area contributed by atoms with Crippen molar-refractivity contribution in [1.82, 2.24) is 9.97 Å². The molecule has 1 fully saturated rings. The Bertz CT molecular complexity index is 988.